The molecule has 0 heterocycles. The van der Waals surface area contributed by atoms with Crippen molar-refractivity contribution >= 4 is 14.0 Å². The second-order valence-electron chi connectivity index (χ2n) is 4.19. The predicted octanol–water partition coefficient (Wildman–Crippen LogP) is 3.18. The summed E-state index contributed by atoms with van der Waals surface area (Å²) in [7, 11) is -1.53. The maximum absolute atomic E-state index is 6.02. The largest absolute Gasteiger partial charge is 0.544 e. The average Bonchev–Trinajstić information content (AvgIpc) is 2.13. The first-order chi connectivity index (χ1) is 6.46. The molecule has 0 aromatic heterocycles. The summed E-state index contributed by atoms with van der Waals surface area (Å²) in [6.45, 7) is 8.62. The quantitative estimate of drug-likeness (QED) is 0.613. The molecule has 1 aromatic rings. The summed E-state index contributed by atoms with van der Waals surface area (Å²) in [5.41, 5.74) is 7.68. The van der Waals surface area contributed by atoms with Crippen molar-refractivity contribution in [3.8, 4) is 5.75 Å². The topological polar surface area (TPSA) is 35.2 Å². The molecule has 2 nitrogen and oxygen atoms in total. The number of hydrogen-bond acceptors (Lipinski definition) is 2. The third-order valence-corrected chi connectivity index (χ3v) is 5.04. The first-order valence-electron chi connectivity index (χ1n) is 5.00. The van der Waals surface area contributed by atoms with Gasteiger partial charge in [-0.05, 0) is 38.2 Å². The molecule has 78 valence electrons. The van der Waals surface area contributed by atoms with Crippen molar-refractivity contribution in [3.63, 3.8) is 0 Å². The fourth-order valence-electron chi connectivity index (χ4n) is 1.11. The van der Waals surface area contributed by atoms with Crippen molar-refractivity contribution in [2.45, 2.75) is 33.0 Å². The SMILES string of the molecule is CC[Si](C)(C)Oc1cccc(N)c1C. The summed E-state index contributed by atoms with van der Waals surface area (Å²) in [5, 5.41) is 0. The lowest BCUT2D eigenvalue weighted by atomic mass is 10.2. The van der Waals surface area contributed by atoms with Crippen molar-refractivity contribution in [2.24, 2.45) is 0 Å². The molecule has 0 bridgehead atoms. The van der Waals surface area contributed by atoms with E-state index in [1.807, 2.05) is 25.1 Å². The van der Waals surface area contributed by atoms with Crippen LogP contribution in [0.15, 0.2) is 18.2 Å². The van der Waals surface area contributed by atoms with Gasteiger partial charge < -0.3 is 10.2 Å². The molecule has 0 aliphatic heterocycles. The minimum atomic E-state index is -1.53. The lowest BCUT2D eigenvalue weighted by molar-refractivity contribution is 0.545. The fourth-order valence-corrected chi connectivity index (χ4v) is 2.07. The van der Waals surface area contributed by atoms with Crippen LogP contribution in [0.3, 0.4) is 0 Å². The average molecular weight is 209 g/mol. The van der Waals surface area contributed by atoms with Gasteiger partial charge in [0.2, 0.25) is 8.32 Å². The van der Waals surface area contributed by atoms with E-state index in [4.69, 9.17) is 10.2 Å². The summed E-state index contributed by atoms with van der Waals surface area (Å²) >= 11 is 0. The maximum atomic E-state index is 6.02. The van der Waals surface area contributed by atoms with E-state index in [1.165, 1.54) is 0 Å². The zero-order valence-electron chi connectivity index (χ0n) is 9.42. The van der Waals surface area contributed by atoms with E-state index >= 15 is 0 Å². The zero-order valence-corrected chi connectivity index (χ0v) is 10.4. The molecular weight excluding hydrogens is 190 g/mol. The molecule has 0 fully saturated rings. The fraction of sp³-hybridized carbons (Fsp3) is 0.455. The second-order valence-corrected chi connectivity index (χ2v) is 8.62. The highest BCUT2D eigenvalue weighted by Crippen LogP contribution is 2.26. The smallest absolute Gasteiger partial charge is 0.244 e. The first kappa shape index (κ1) is 11.1. The third kappa shape index (κ3) is 2.51. The van der Waals surface area contributed by atoms with E-state index in [0.29, 0.717) is 0 Å². The van der Waals surface area contributed by atoms with Crippen molar-refractivity contribution in [1.29, 1.82) is 0 Å². The normalized spacial score (nSPS) is 11.4. The Hall–Kier alpha value is -0.963. The van der Waals surface area contributed by atoms with Crippen molar-refractivity contribution in [3.05, 3.63) is 23.8 Å². The van der Waals surface area contributed by atoms with E-state index in [2.05, 4.69) is 20.0 Å². The molecule has 0 radical (unpaired) electrons. The Balaban J connectivity index is 2.92. The lowest BCUT2D eigenvalue weighted by Gasteiger charge is -2.24. The molecule has 0 saturated carbocycles. The van der Waals surface area contributed by atoms with Gasteiger partial charge in [0.15, 0.2) is 0 Å². The van der Waals surface area contributed by atoms with Crippen LogP contribution in [0, 0.1) is 6.92 Å². The number of nitrogens with two attached hydrogens (primary N) is 1. The molecule has 1 rings (SSSR count). The summed E-state index contributed by atoms with van der Waals surface area (Å²) in [5.74, 6) is 0.948. The van der Waals surface area contributed by atoms with Crippen LogP contribution >= 0.6 is 0 Å². The van der Waals surface area contributed by atoms with E-state index < -0.39 is 8.32 Å². The molecule has 0 aliphatic carbocycles. The van der Waals surface area contributed by atoms with Gasteiger partial charge in [0, 0.05) is 11.3 Å². The van der Waals surface area contributed by atoms with Gasteiger partial charge in [-0.25, -0.2) is 0 Å². The summed E-state index contributed by atoms with van der Waals surface area (Å²) < 4.78 is 6.02. The minimum Gasteiger partial charge on any atom is -0.544 e. The van der Waals surface area contributed by atoms with Crippen LogP contribution < -0.4 is 10.2 Å². The summed E-state index contributed by atoms with van der Waals surface area (Å²) in [6.07, 6.45) is 0. The van der Waals surface area contributed by atoms with Crippen LogP contribution in [0.2, 0.25) is 19.1 Å². The van der Waals surface area contributed by atoms with Crippen molar-refractivity contribution in [1.82, 2.24) is 0 Å². The van der Waals surface area contributed by atoms with Gasteiger partial charge in [-0.2, -0.15) is 0 Å². The molecule has 0 saturated heterocycles. The van der Waals surface area contributed by atoms with Crippen molar-refractivity contribution < 1.29 is 4.43 Å². The number of benzene rings is 1. The van der Waals surface area contributed by atoms with Crippen LogP contribution in [0.4, 0.5) is 5.69 Å². The highest BCUT2D eigenvalue weighted by Gasteiger charge is 2.22. The van der Waals surface area contributed by atoms with E-state index in [1.54, 1.807) is 0 Å². The Labute approximate surface area is 87.2 Å². The summed E-state index contributed by atoms with van der Waals surface area (Å²) in [4.78, 5) is 0. The van der Waals surface area contributed by atoms with Gasteiger partial charge in [0.25, 0.3) is 0 Å². The lowest BCUT2D eigenvalue weighted by Crippen LogP contribution is -2.33. The Bertz CT molecular complexity index is 323. The first-order valence-corrected chi connectivity index (χ1v) is 8.12. The number of nitrogen functional groups attached to an aromatic ring is 1. The predicted molar refractivity (Wildman–Crippen MR) is 64.2 cm³/mol. The molecule has 0 aliphatic rings. The van der Waals surface area contributed by atoms with Crippen LogP contribution in [0.25, 0.3) is 0 Å². The molecule has 0 spiro atoms. The number of hydrogen-bond donors (Lipinski definition) is 1. The van der Waals surface area contributed by atoms with E-state index in [9.17, 15) is 0 Å². The standard InChI is InChI=1S/C11H19NOSi/c1-5-14(3,4)13-11-8-6-7-10(12)9(11)2/h6-8H,5,12H2,1-4H3. The Morgan fingerprint density at radius 2 is 2.00 bits per heavy atom. The number of rotatable bonds is 3. The zero-order chi connectivity index (χ0) is 10.8. The van der Waals surface area contributed by atoms with Gasteiger partial charge in [-0.1, -0.05) is 13.0 Å². The molecule has 0 amide bonds. The van der Waals surface area contributed by atoms with Crippen LogP contribution in [-0.4, -0.2) is 8.32 Å². The van der Waals surface area contributed by atoms with E-state index in [0.717, 1.165) is 23.0 Å². The molecule has 1 aromatic carbocycles. The van der Waals surface area contributed by atoms with Crippen molar-refractivity contribution in [2.75, 3.05) is 5.73 Å². The molecule has 0 unspecified atom stereocenters. The molecule has 0 atom stereocenters. The maximum Gasteiger partial charge on any atom is 0.244 e. The highest BCUT2D eigenvalue weighted by molar-refractivity contribution is 6.71. The highest BCUT2D eigenvalue weighted by atomic mass is 28.4. The van der Waals surface area contributed by atoms with Gasteiger partial charge in [0.1, 0.15) is 5.75 Å². The minimum absolute atomic E-state index is 0.809. The number of anilines is 1. The molecule has 2 N–H and O–H groups in total. The van der Waals surface area contributed by atoms with Gasteiger partial charge in [0.05, 0.1) is 0 Å². The van der Waals surface area contributed by atoms with Gasteiger partial charge in [-0.3, -0.25) is 0 Å². The van der Waals surface area contributed by atoms with Crippen LogP contribution in [-0.2, 0) is 0 Å². The Morgan fingerprint density at radius 1 is 1.36 bits per heavy atom. The van der Waals surface area contributed by atoms with Gasteiger partial charge >= 0.3 is 0 Å². The molecular formula is C11H19NOSi. The van der Waals surface area contributed by atoms with Crippen LogP contribution in [0.1, 0.15) is 12.5 Å². The Morgan fingerprint density at radius 3 is 2.57 bits per heavy atom. The monoisotopic (exact) mass is 209 g/mol. The van der Waals surface area contributed by atoms with Gasteiger partial charge in [-0.15, -0.1) is 0 Å². The Kier molecular flexibility index (Phi) is 3.21. The summed E-state index contributed by atoms with van der Waals surface area (Å²) in [6, 6.07) is 6.96. The second kappa shape index (κ2) is 4.05. The van der Waals surface area contributed by atoms with E-state index in [-0.39, 0.29) is 0 Å². The third-order valence-electron chi connectivity index (χ3n) is 2.56. The van der Waals surface area contributed by atoms with Crippen LogP contribution in [0.5, 0.6) is 5.75 Å². The molecule has 3 heteroatoms. The molecule has 14 heavy (non-hydrogen) atoms.